The van der Waals surface area contributed by atoms with Crippen molar-refractivity contribution in [2.45, 2.75) is 19.3 Å². The van der Waals surface area contributed by atoms with E-state index >= 15 is 0 Å². The number of hydrogen-bond donors (Lipinski definition) is 1. The third kappa shape index (κ3) is 1.93. The maximum absolute atomic E-state index is 10.4. The Morgan fingerprint density at radius 3 is 2.85 bits per heavy atom. The average molecular weight is 266 g/mol. The Bertz CT molecular complexity index is 775. The highest BCUT2D eigenvalue weighted by Crippen LogP contribution is 2.36. The minimum Gasteiger partial charge on any atom is -0.506 e. The summed E-state index contributed by atoms with van der Waals surface area (Å²) in [5, 5.41) is 16.2. The molecule has 100 valence electrons. The molecule has 0 bridgehead atoms. The van der Waals surface area contributed by atoms with Crippen molar-refractivity contribution in [3.63, 3.8) is 0 Å². The zero-order chi connectivity index (χ0) is 13.5. The van der Waals surface area contributed by atoms with Crippen LogP contribution in [0.25, 0.3) is 22.2 Å². The molecule has 1 aromatic heterocycles. The van der Waals surface area contributed by atoms with Gasteiger partial charge in [-0.25, -0.2) is 0 Å². The quantitative estimate of drug-likeness (QED) is 0.787. The van der Waals surface area contributed by atoms with Crippen LogP contribution in [0.5, 0.6) is 5.75 Å². The normalized spacial score (nSPS) is 14.8. The first-order valence-electron chi connectivity index (χ1n) is 6.85. The summed E-state index contributed by atoms with van der Waals surface area (Å²) < 4.78 is 5.29. The van der Waals surface area contributed by atoms with Crippen molar-refractivity contribution < 1.29 is 9.63 Å². The highest BCUT2D eigenvalue weighted by atomic mass is 16.5. The van der Waals surface area contributed by atoms with E-state index in [0.717, 1.165) is 23.0 Å². The molecule has 1 aliphatic rings. The lowest BCUT2D eigenvalue weighted by Gasteiger charge is -2.04. The molecule has 3 aromatic rings. The number of phenols is 1. The minimum absolute atomic E-state index is 0.199. The Labute approximate surface area is 116 Å². The standard InChI is InChI=1S/C16H14N2O2/c19-15-12-4-2-1-3-11(12)7-8-13(15)16-17-14(18-20-16)9-10-5-6-10/h1-4,7-8,10,19H,5-6,9H2. The molecule has 0 atom stereocenters. The van der Waals surface area contributed by atoms with E-state index in [1.165, 1.54) is 12.8 Å². The molecular weight excluding hydrogens is 252 g/mol. The van der Waals surface area contributed by atoms with Gasteiger partial charge >= 0.3 is 0 Å². The fourth-order valence-corrected chi connectivity index (χ4v) is 2.45. The summed E-state index contributed by atoms with van der Waals surface area (Å²) in [6, 6.07) is 11.5. The molecule has 1 saturated carbocycles. The van der Waals surface area contributed by atoms with Gasteiger partial charge in [-0.3, -0.25) is 0 Å². The highest BCUT2D eigenvalue weighted by molar-refractivity contribution is 5.93. The molecule has 0 radical (unpaired) electrons. The maximum Gasteiger partial charge on any atom is 0.261 e. The van der Waals surface area contributed by atoms with Gasteiger partial charge in [0.1, 0.15) is 5.75 Å². The van der Waals surface area contributed by atoms with Gasteiger partial charge in [0.15, 0.2) is 5.82 Å². The third-order valence-electron chi connectivity index (χ3n) is 3.77. The maximum atomic E-state index is 10.4. The number of rotatable bonds is 3. The Balaban J connectivity index is 1.77. The van der Waals surface area contributed by atoms with Gasteiger partial charge in [-0.1, -0.05) is 35.5 Å². The third-order valence-corrected chi connectivity index (χ3v) is 3.77. The lowest BCUT2D eigenvalue weighted by atomic mass is 10.1. The van der Waals surface area contributed by atoms with Gasteiger partial charge in [0.05, 0.1) is 5.56 Å². The van der Waals surface area contributed by atoms with Crippen LogP contribution in [0.2, 0.25) is 0 Å². The molecule has 0 saturated heterocycles. The van der Waals surface area contributed by atoms with Gasteiger partial charge < -0.3 is 9.63 Å². The summed E-state index contributed by atoms with van der Waals surface area (Å²) in [7, 11) is 0. The van der Waals surface area contributed by atoms with E-state index in [-0.39, 0.29) is 5.75 Å². The molecule has 1 fully saturated rings. The molecule has 4 heteroatoms. The Kier molecular flexibility index (Phi) is 2.49. The number of fused-ring (bicyclic) bond motifs is 1. The molecule has 1 N–H and O–H groups in total. The van der Waals surface area contributed by atoms with E-state index < -0.39 is 0 Å². The van der Waals surface area contributed by atoms with Crippen molar-refractivity contribution in [2.75, 3.05) is 0 Å². The van der Waals surface area contributed by atoms with E-state index in [9.17, 15) is 5.11 Å². The van der Waals surface area contributed by atoms with Crippen LogP contribution < -0.4 is 0 Å². The van der Waals surface area contributed by atoms with Gasteiger partial charge in [0, 0.05) is 11.8 Å². The molecule has 0 aliphatic heterocycles. The summed E-state index contributed by atoms with van der Waals surface area (Å²) in [5.74, 6) is 2.04. The van der Waals surface area contributed by atoms with Gasteiger partial charge in [-0.05, 0) is 30.2 Å². The number of aromatic hydroxyl groups is 1. The first-order valence-corrected chi connectivity index (χ1v) is 6.85. The van der Waals surface area contributed by atoms with E-state index in [4.69, 9.17) is 4.52 Å². The predicted molar refractivity (Wildman–Crippen MR) is 75.3 cm³/mol. The number of phenolic OH excluding ortho intramolecular Hbond substituents is 1. The second kappa shape index (κ2) is 4.34. The minimum atomic E-state index is 0.199. The Hall–Kier alpha value is -2.36. The Morgan fingerprint density at radius 2 is 2.00 bits per heavy atom. The summed E-state index contributed by atoms with van der Waals surface area (Å²) in [6.45, 7) is 0. The SMILES string of the molecule is Oc1c(-c2nc(CC3CC3)no2)ccc2ccccc12. The van der Waals surface area contributed by atoms with E-state index in [2.05, 4.69) is 10.1 Å². The fraction of sp³-hybridized carbons (Fsp3) is 0.250. The van der Waals surface area contributed by atoms with Crippen LogP contribution in [0.4, 0.5) is 0 Å². The molecule has 20 heavy (non-hydrogen) atoms. The second-order valence-corrected chi connectivity index (χ2v) is 5.35. The molecule has 1 heterocycles. The first-order chi connectivity index (χ1) is 9.81. The Morgan fingerprint density at radius 1 is 1.15 bits per heavy atom. The molecule has 2 aromatic carbocycles. The van der Waals surface area contributed by atoms with E-state index in [0.29, 0.717) is 17.4 Å². The van der Waals surface area contributed by atoms with Crippen LogP contribution in [0.1, 0.15) is 18.7 Å². The summed E-state index contributed by atoms with van der Waals surface area (Å²) in [6.07, 6.45) is 3.38. The number of benzene rings is 2. The van der Waals surface area contributed by atoms with Gasteiger partial charge in [-0.2, -0.15) is 4.98 Å². The molecule has 0 spiro atoms. The van der Waals surface area contributed by atoms with Gasteiger partial charge in [0.2, 0.25) is 0 Å². The van der Waals surface area contributed by atoms with Gasteiger partial charge in [0.25, 0.3) is 5.89 Å². The number of nitrogens with zero attached hydrogens (tertiary/aromatic N) is 2. The van der Waals surface area contributed by atoms with Crippen LogP contribution in [-0.2, 0) is 6.42 Å². The summed E-state index contributed by atoms with van der Waals surface area (Å²) in [4.78, 5) is 4.39. The average Bonchev–Trinajstić information content (AvgIpc) is 3.16. The number of aromatic nitrogens is 2. The summed E-state index contributed by atoms with van der Waals surface area (Å²) >= 11 is 0. The molecule has 4 rings (SSSR count). The van der Waals surface area contributed by atoms with Crippen LogP contribution in [-0.4, -0.2) is 15.2 Å². The largest absolute Gasteiger partial charge is 0.506 e. The molecule has 1 aliphatic carbocycles. The van der Waals surface area contributed by atoms with E-state index in [1.54, 1.807) is 0 Å². The van der Waals surface area contributed by atoms with Crippen molar-refractivity contribution in [3.05, 3.63) is 42.2 Å². The van der Waals surface area contributed by atoms with Crippen LogP contribution in [0.3, 0.4) is 0 Å². The molecular formula is C16H14N2O2. The van der Waals surface area contributed by atoms with Crippen LogP contribution in [0.15, 0.2) is 40.9 Å². The molecule has 4 nitrogen and oxygen atoms in total. The highest BCUT2D eigenvalue weighted by Gasteiger charge is 2.24. The lowest BCUT2D eigenvalue weighted by Crippen LogP contribution is -1.89. The fourth-order valence-electron chi connectivity index (χ4n) is 2.45. The lowest BCUT2D eigenvalue weighted by molar-refractivity contribution is 0.416. The first kappa shape index (κ1) is 11.5. The molecule has 0 unspecified atom stereocenters. The second-order valence-electron chi connectivity index (χ2n) is 5.35. The van der Waals surface area contributed by atoms with E-state index in [1.807, 2.05) is 36.4 Å². The zero-order valence-corrected chi connectivity index (χ0v) is 10.9. The number of hydrogen-bond acceptors (Lipinski definition) is 4. The van der Waals surface area contributed by atoms with Crippen molar-refractivity contribution in [1.82, 2.24) is 10.1 Å². The van der Waals surface area contributed by atoms with Crippen molar-refractivity contribution >= 4 is 10.8 Å². The van der Waals surface area contributed by atoms with Crippen LogP contribution >= 0.6 is 0 Å². The smallest absolute Gasteiger partial charge is 0.261 e. The topological polar surface area (TPSA) is 59.2 Å². The summed E-state index contributed by atoms with van der Waals surface area (Å²) in [5.41, 5.74) is 0.596. The molecule has 0 amide bonds. The zero-order valence-electron chi connectivity index (χ0n) is 10.9. The van der Waals surface area contributed by atoms with Crippen molar-refractivity contribution in [2.24, 2.45) is 5.92 Å². The monoisotopic (exact) mass is 266 g/mol. The van der Waals surface area contributed by atoms with Gasteiger partial charge in [-0.15, -0.1) is 0 Å². The predicted octanol–water partition coefficient (Wildman–Crippen LogP) is 3.55. The van der Waals surface area contributed by atoms with Crippen molar-refractivity contribution in [1.29, 1.82) is 0 Å². The van der Waals surface area contributed by atoms with Crippen molar-refractivity contribution in [3.8, 4) is 17.2 Å². The van der Waals surface area contributed by atoms with Crippen LogP contribution in [0, 0.1) is 5.92 Å².